The van der Waals surface area contributed by atoms with E-state index in [0.29, 0.717) is 0 Å². The fourth-order valence-corrected chi connectivity index (χ4v) is 4.42. The second-order valence-electron chi connectivity index (χ2n) is 7.49. The van der Waals surface area contributed by atoms with E-state index >= 15 is 0 Å². The van der Waals surface area contributed by atoms with Crippen LogP contribution in [0.15, 0.2) is 24.5 Å². The lowest BCUT2D eigenvalue weighted by molar-refractivity contribution is -0.122. The van der Waals surface area contributed by atoms with Crippen LogP contribution in [-0.4, -0.2) is 35.3 Å². The van der Waals surface area contributed by atoms with Crippen LogP contribution in [-0.2, 0) is 18.3 Å². The highest BCUT2D eigenvalue weighted by Gasteiger charge is 2.38. The number of amides is 1. The van der Waals surface area contributed by atoms with Crippen molar-refractivity contribution in [2.45, 2.75) is 32.6 Å². The Kier molecular flexibility index (Phi) is 5.39. The van der Waals surface area contributed by atoms with E-state index in [1.807, 2.05) is 29.0 Å². The number of carbonyl (C=O) groups is 1. The molecule has 1 N–H and O–H groups in total. The molecule has 140 valence electrons. The van der Waals surface area contributed by atoms with Gasteiger partial charge in [-0.15, -0.1) is 12.4 Å². The molecule has 3 heterocycles. The van der Waals surface area contributed by atoms with Gasteiger partial charge in [-0.2, -0.15) is 5.10 Å². The molecule has 0 unspecified atom stereocenters. The van der Waals surface area contributed by atoms with Gasteiger partial charge >= 0.3 is 0 Å². The summed E-state index contributed by atoms with van der Waals surface area (Å²) in [4.78, 5) is 15.5. The Labute approximate surface area is 161 Å². The van der Waals surface area contributed by atoms with Crippen molar-refractivity contribution in [3.05, 3.63) is 46.8 Å². The van der Waals surface area contributed by atoms with Crippen LogP contribution in [0.1, 0.15) is 34.6 Å². The lowest BCUT2D eigenvalue weighted by Gasteiger charge is -2.33. The van der Waals surface area contributed by atoms with Crippen molar-refractivity contribution in [3.8, 4) is 0 Å². The van der Waals surface area contributed by atoms with Crippen LogP contribution >= 0.6 is 12.4 Å². The van der Waals surface area contributed by atoms with Crippen molar-refractivity contribution in [2.75, 3.05) is 24.5 Å². The Hall–Kier alpha value is -1.85. The third kappa shape index (κ3) is 3.26. The molecule has 2 atom stereocenters. The smallest absolute Gasteiger partial charge is 0.232 e. The molecule has 0 radical (unpaired) electrons. The first-order valence-corrected chi connectivity index (χ1v) is 9.15. The van der Waals surface area contributed by atoms with Gasteiger partial charge in [0.1, 0.15) is 0 Å². The number of carbonyl (C=O) groups excluding carboxylic acids is 1. The lowest BCUT2D eigenvalue weighted by Crippen LogP contribution is -2.42. The zero-order valence-corrected chi connectivity index (χ0v) is 16.5. The number of fused-ring (bicyclic) bond motifs is 1. The molecule has 2 aliphatic heterocycles. The molecule has 4 rings (SSSR count). The molecule has 1 aromatic carbocycles. The van der Waals surface area contributed by atoms with Crippen LogP contribution in [0, 0.1) is 19.8 Å². The van der Waals surface area contributed by atoms with Gasteiger partial charge in [-0.3, -0.25) is 9.48 Å². The molecular weight excluding hydrogens is 348 g/mol. The highest BCUT2D eigenvalue weighted by molar-refractivity contribution is 5.97. The average molecular weight is 375 g/mol. The maximum atomic E-state index is 13.4. The van der Waals surface area contributed by atoms with Gasteiger partial charge < -0.3 is 10.2 Å². The largest absolute Gasteiger partial charge is 0.315 e. The number of nitrogens with zero attached hydrogens (tertiary/aromatic N) is 3. The number of halogens is 1. The highest BCUT2D eigenvalue weighted by atomic mass is 35.5. The summed E-state index contributed by atoms with van der Waals surface area (Å²) in [5, 5.41) is 7.70. The van der Waals surface area contributed by atoms with E-state index in [2.05, 4.69) is 36.4 Å². The maximum absolute atomic E-state index is 13.4. The van der Waals surface area contributed by atoms with Gasteiger partial charge in [0.2, 0.25) is 5.91 Å². The zero-order valence-electron chi connectivity index (χ0n) is 15.7. The first kappa shape index (κ1) is 18.9. The van der Waals surface area contributed by atoms with Crippen molar-refractivity contribution < 1.29 is 4.79 Å². The Bertz CT molecular complexity index is 816. The van der Waals surface area contributed by atoms with Gasteiger partial charge in [-0.05, 0) is 55.0 Å². The van der Waals surface area contributed by atoms with Gasteiger partial charge in [0.15, 0.2) is 0 Å². The number of rotatable bonds is 2. The third-order valence-electron chi connectivity index (χ3n) is 5.64. The molecule has 5 nitrogen and oxygen atoms in total. The van der Waals surface area contributed by atoms with Crippen LogP contribution in [0.3, 0.4) is 0 Å². The number of anilines is 1. The van der Waals surface area contributed by atoms with Crippen LogP contribution in [0.25, 0.3) is 0 Å². The molecule has 0 saturated carbocycles. The number of hydrogen-bond donors (Lipinski definition) is 1. The van der Waals surface area contributed by atoms with Crippen LogP contribution in [0.4, 0.5) is 5.69 Å². The summed E-state index contributed by atoms with van der Waals surface area (Å²) in [6.45, 7) is 6.69. The minimum atomic E-state index is -0.0176. The van der Waals surface area contributed by atoms with Gasteiger partial charge in [0.25, 0.3) is 0 Å². The average Bonchev–Trinajstić information content (AvgIpc) is 3.22. The molecular formula is C20H27ClN4O. The van der Waals surface area contributed by atoms with Crippen molar-refractivity contribution in [1.82, 2.24) is 15.1 Å². The summed E-state index contributed by atoms with van der Waals surface area (Å²) >= 11 is 0. The van der Waals surface area contributed by atoms with Crippen molar-refractivity contribution in [2.24, 2.45) is 13.0 Å². The molecule has 0 bridgehead atoms. The summed E-state index contributed by atoms with van der Waals surface area (Å²) < 4.78 is 1.82. The van der Waals surface area contributed by atoms with E-state index in [1.54, 1.807) is 0 Å². The predicted molar refractivity (Wildman–Crippen MR) is 106 cm³/mol. The SMILES string of the molecule is Cc1cc(C)c2c(c1)N(C(=O)[C@H]1CNC[C@@H]1c1cnn(C)c1)CCC2.Cl. The monoisotopic (exact) mass is 374 g/mol. The number of aromatic nitrogens is 2. The molecule has 1 amide bonds. The number of benzene rings is 1. The molecule has 2 aromatic rings. The van der Waals surface area contributed by atoms with E-state index < -0.39 is 0 Å². The Morgan fingerprint density at radius 2 is 2.08 bits per heavy atom. The summed E-state index contributed by atoms with van der Waals surface area (Å²) in [6.07, 6.45) is 6.05. The van der Waals surface area contributed by atoms with Gasteiger partial charge in [0.05, 0.1) is 12.1 Å². The first-order valence-electron chi connectivity index (χ1n) is 9.15. The third-order valence-corrected chi connectivity index (χ3v) is 5.64. The van der Waals surface area contributed by atoms with E-state index in [4.69, 9.17) is 0 Å². The summed E-state index contributed by atoms with van der Waals surface area (Å²) in [5.41, 5.74) is 6.16. The van der Waals surface area contributed by atoms with Crippen molar-refractivity contribution in [1.29, 1.82) is 0 Å². The Morgan fingerprint density at radius 1 is 1.27 bits per heavy atom. The highest BCUT2D eigenvalue weighted by Crippen LogP contribution is 2.35. The fourth-order valence-electron chi connectivity index (χ4n) is 4.42. The van der Waals surface area contributed by atoms with Gasteiger partial charge in [-0.1, -0.05) is 6.07 Å². The van der Waals surface area contributed by atoms with Crippen LogP contribution < -0.4 is 10.2 Å². The van der Waals surface area contributed by atoms with Crippen molar-refractivity contribution >= 4 is 24.0 Å². The minimum Gasteiger partial charge on any atom is -0.315 e. The normalized spacial score (nSPS) is 22.0. The molecule has 6 heteroatoms. The Morgan fingerprint density at radius 3 is 2.81 bits per heavy atom. The molecule has 1 aromatic heterocycles. The maximum Gasteiger partial charge on any atom is 0.232 e. The number of aryl methyl sites for hydroxylation is 3. The zero-order chi connectivity index (χ0) is 17.6. The summed E-state index contributed by atoms with van der Waals surface area (Å²) in [6, 6.07) is 4.41. The molecule has 2 aliphatic rings. The van der Waals surface area contributed by atoms with E-state index in [0.717, 1.165) is 43.7 Å². The van der Waals surface area contributed by atoms with Crippen LogP contribution in [0.2, 0.25) is 0 Å². The van der Waals surface area contributed by atoms with Gasteiger partial charge in [-0.25, -0.2) is 0 Å². The quantitative estimate of drug-likeness (QED) is 0.879. The molecule has 0 spiro atoms. The molecule has 0 aliphatic carbocycles. The Balaban J connectivity index is 0.00000196. The van der Waals surface area contributed by atoms with Crippen molar-refractivity contribution in [3.63, 3.8) is 0 Å². The number of hydrogen-bond acceptors (Lipinski definition) is 3. The predicted octanol–water partition coefficient (Wildman–Crippen LogP) is 2.74. The summed E-state index contributed by atoms with van der Waals surface area (Å²) in [7, 11) is 1.93. The summed E-state index contributed by atoms with van der Waals surface area (Å²) in [5.74, 6) is 0.443. The molecule has 1 fully saturated rings. The van der Waals surface area contributed by atoms with E-state index in [-0.39, 0.29) is 30.2 Å². The fraction of sp³-hybridized carbons (Fsp3) is 0.500. The second-order valence-corrected chi connectivity index (χ2v) is 7.49. The second kappa shape index (κ2) is 7.41. The van der Waals surface area contributed by atoms with E-state index in [9.17, 15) is 4.79 Å². The first-order chi connectivity index (χ1) is 12.0. The topological polar surface area (TPSA) is 50.2 Å². The van der Waals surface area contributed by atoms with E-state index in [1.165, 1.54) is 16.7 Å². The number of nitrogens with one attached hydrogen (secondary N) is 1. The lowest BCUT2D eigenvalue weighted by atomic mass is 9.88. The molecule has 1 saturated heterocycles. The van der Waals surface area contributed by atoms with Gasteiger partial charge in [0, 0.05) is 44.5 Å². The minimum absolute atomic E-state index is 0. The standard InChI is InChI=1S/C20H26N4O.ClH/c1-13-7-14(2)16-5-4-6-24(19(16)8-13)20(25)18-11-21-10-17(18)15-9-22-23(3)12-15;/h7-9,12,17-18,21H,4-6,10-11H2,1-3H3;1H/t17-,18+;/m1./s1. The molecule has 26 heavy (non-hydrogen) atoms. The van der Waals surface area contributed by atoms with Crippen LogP contribution in [0.5, 0.6) is 0 Å².